The Balaban J connectivity index is 1.39. The van der Waals surface area contributed by atoms with Crippen molar-refractivity contribution in [3.8, 4) is 11.4 Å². The van der Waals surface area contributed by atoms with E-state index in [9.17, 15) is 9.59 Å². The summed E-state index contributed by atoms with van der Waals surface area (Å²) in [5, 5.41) is 7.30. The van der Waals surface area contributed by atoms with Crippen molar-refractivity contribution in [2.45, 2.75) is 38.6 Å². The molecule has 1 N–H and O–H groups in total. The molecule has 1 atom stereocenters. The maximum Gasteiger partial charge on any atom is 0.259 e. The van der Waals surface area contributed by atoms with Gasteiger partial charge in [-0.3, -0.25) is 9.59 Å². The maximum absolute atomic E-state index is 13.3. The number of carbonyl (C=O) groups excluding carboxylic acids is 2. The van der Waals surface area contributed by atoms with Crippen LogP contribution in [0.3, 0.4) is 0 Å². The van der Waals surface area contributed by atoms with E-state index < -0.39 is 0 Å². The van der Waals surface area contributed by atoms with Gasteiger partial charge in [0.2, 0.25) is 0 Å². The molecule has 0 radical (unpaired) electrons. The van der Waals surface area contributed by atoms with E-state index in [1.807, 2.05) is 42.2 Å². The molecule has 32 heavy (non-hydrogen) atoms. The number of nitrogens with zero attached hydrogens (tertiary/aromatic N) is 3. The first-order chi connectivity index (χ1) is 15.6. The second kappa shape index (κ2) is 8.49. The Labute approximate surface area is 187 Å². The third-order valence-corrected chi connectivity index (χ3v) is 6.32. The molecular weight excluding hydrogens is 404 g/mol. The summed E-state index contributed by atoms with van der Waals surface area (Å²) in [4.78, 5) is 28.2. The number of ether oxygens (including phenoxy) is 1. The average Bonchev–Trinajstić information content (AvgIpc) is 3.21. The second-order valence-electron chi connectivity index (χ2n) is 8.34. The first kappa shape index (κ1) is 20.3. The van der Waals surface area contributed by atoms with Crippen LogP contribution in [0.2, 0.25) is 0 Å². The largest absolute Gasteiger partial charge is 0.493 e. The number of anilines is 1. The fourth-order valence-electron chi connectivity index (χ4n) is 4.59. The molecule has 1 fully saturated rings. The predicted molar refractivity (Wildman–Crippen MR) is 121 cm³/mol. The normalized spacial score (nSPS) is 18.1. The predicted octanol–water partition coefficient (Wildman–Crippen LogP) is 4.21. The molecule has 1 saturated heterocycles. The summed E-state index contributed by atoms with van der Waals surface area (Å²) >= 11 is 0. The number of carbonyl (C=O) groups is 2. The van der Waals surface area contributed by atoms with E-state index in [1.54, 1.807) is 29.1 Å². The van der Waals surface area contributed by atoms with E-state index in [0.29, 0.717) is 29.2 Å². The SMILES string of the molecule is Cc1c(C(=O)Nc2ccc3c(c2)C(=O)N2CCCC[C@H]2CCO3)cnn1-c1ccccc1. The summed E-state index contributed by atoms with van der Waals surface area (Å²) in [6.45, 7) is 3.23. The van der Waals surface area contributed by atoms with Crippen molar-refractivity contribution in [1.29, 1.82) is 0 Å². The minimum absolute atomic E-state index is 0.0198. The minimum atomic E-state index is -0.264. The van der Waals surface area contributed by atoms with Gasteiger partial charge >= 0.3 is 0 Å². The number of amides is 2. The van der Waals surface area contributed by atoms with E-state index in [-0.39, 0.29) is 17.9 Å². The third-order valence-electron chi connectivity index (χ3n) is 6.32. The molecular formula is C25H26N4O3. The highest BCUT2D eigenvalue weighted by Gasteiger charge is 2.31. The van der Waals surface area contributed by atoms with Crippen molar-refractivity contribution in [1.82, 2.24) is 14.7 Å². The van der Waals surface area contributed by atoms with Crippen LogP contribution >= 0.6 is 0 Å². The van der Waals surface area contributed by atoms with Gasteiger partial charge in [0, 0.05) is 24.7 Å². The van der Waals surface area contributed by atoms with E-state index >= 15 is 0 Å². The number of hydrogen-bond donors (Lipinski definition) is 1. The summed E-state index contributed by atoms with van der Waals surface area (Å²) < 4.78 is 7.63. The van der Waals surface area contributed by atoms with Gasteiger partial charge in [-0.2, -0.15) is 5.10 Å². The zero-order valence-electron chi connectivity index (χ0n) is 18.1. The zero-order valence-corrected chi connectivity index (χ0v) is 18.1. The third kappa shape index (κ3) is 3.75. The van der Waals surface area contributed by atoms with Gasteiger partial charge in [0.05, 0.1) is 35.3 Å². The number of benzene rings is 2. The van der Waals surface area contributed by atoms with E-state index in [2.05, 4.69) is 10.4 Å². The number of fused-ring (bicyclic) bond motifs is 2. The summed E-state index contributed by atoms with van der Waals surface area (Å²) in [5.41, 5.74) is 3.19. The minimum Gasteiger partial charge on any atom is -0.493 e. The first-order valence-corrected chi connectivity index (χ1v) is 11.1. The lowest BCUT2D eigenvalue weighted by atomic mass is 9.97. The van der Waals surface area contributed by atoms with Crippen LogP contribution in [0.5, 0.6) is 5.75 Å². The van der Waals surface area contributed by atoms with Crippen molar-refractivity contribution in [2.24, 2.45) is 0 Å². The van der Waals surface area contributed by atoms with Crippen LogP contribution < -0.4 is 10.1 Å². The number of para-hydroxylation sites is 1. The van der Waals surface area contributed by atoms with Crippen LogP contribution in [0, 0.1) is 6.92 Å². The van der Waals surface area contributed by atoms with Crippen molar-refractivity contribution in [3.05, 3.63) is 71.5 Å². The number of aromatic nitrogens is 2. The highest BCUT2D eigenvalue weighted by molar-refractivity contribution is 6.06. The van der Waals surface area contributed by atoms with Crippen LogP contribution in [0.25, 0.3) is 5.69 Å². The molecule has 0 unspecified atom stereocenters. The Morgan fingerprint density at radius 2 is 1.97 bits per heavy atom. The molecule has 0 spiro atoms. The molecule has 0 saturated carbocycles. The fourth-order valence-corrected chi connectivity index (χ4v) is 4.59. The number of hydrogen-bond acceptors (Lipinski definition) is 4. The quantitative estimate of drug-likeness (QED) is 0.675. The summed E-state index contributed by atoms with van der Waals surface area (Å²) in [6.07, 6.45) is 5.62. The molecule has 0 aliphatic carbocycles. The van der Waals surface area contributed by atoms with Crippen LogP contribution in [0.15, 0.2) is 54.7 Å². The smallest absolute Gasteiger partial charge is 0.259 e. The molecule has 5 rings (SSSR count). The second-order valence-corrected chi connectivity index (χ2v) is 8.34. The molecule has 2 aliphatic heterocycles. The lowest BCUT2D eigenvalue weighted by Crippen LogP contribution is -2.45. The Morgan fingerprint density at radius 1 is 1.12 bits per heavy atom. The number of nitrogens with one attached hydrogen (secondary N) is 1. The summed E-state index contributed by atoms with van der Waals surface area (Å²) in [6, 6.07) is 15.2. The van der Waals surface area contributed by atoms with Gasteiger partial charge in [0.25, 0.3) is 11.8 Å². The lowest BCUT2D eigenvalue weighted by Gasteiger charge is -2.37. The molecule has 7 nitrogen and oxygen atoms in total. The molecule has 0 bridgehead atoms. The molecule has 164 valence electrons. The van der Waals surface area contributed by atoms with E-state index in [4.69, 9.17) is 4.74 Å². The summed E-state index contributed by atoms with van der Waals surface area (Å²) in [7, 11) is 0. The van der Waals surface area contributed by atoms with Crippen molar-refractivity contribution in [2.75, 3.05) is 18.5 Å². The summed E-state index contributed by atoms with van der Waals surface area (Å²) in [5.74, 6) is 0.290. The topological polar surface area (TPSA) is 76.5 Å². The van der Waals surface area contributed by atoms with Crippen LogP contribution in [0.1, 0.15) is 52.1 Å². The van der Waals surface area contributed by atoms with E-state index in [0.717, 1.165) is 43.6 Å². The Hall–Kier alpha value is -3.61. The molecule has 3 heterocycles. The standard InChI is InChI=1S/C25H26N4O3/c1-17-22(16-26-29(17)20-8-3-2-4-9-20)24(30)27-18-10-11-23-21(15-18)25(31)28-13-6-5-7-19(28)12-14-32-23/h2-4,8-11,15-16,19H,5-7,12-14H2,1H3,(H,27,30)/t19-/m0/s1. The number of piperidine rings is 1. The highest BCUT2D eigenvalue weighted by atomic mass is 16.5. The Kier molecular flexibility index (Phi) is 5.39. The van der Waals surface area contributed by atoms with Gasteiger partial charge in [-0.05, 0) is 56.5 Å². The molecule has 2 aliphatic rings. The lowest BCUT2D eigenvalue weighted by molar-refractivity contribution is 0.0548. The van der Waals surface area contributed by atoms with Gasteiger partial charge < -0.3 is 15.0 Å². The molecule has 7 heteroatoms. The molecule has 2 amide bonds. The molecule has 3 aromatic rings. The van der Waals surface area contributed by atoms with Crippen molar-refractivity contribution < 1.29 is 14.3 Å². The Bertz CT molecular complexity index is 1160. The van der Waals surface area contributed by atoms with Gasteiger partial charge in [-0.15, -0.1) is 0 Å². The van der Waals surface area contributed by atoms with Gasteiger partial charge in [-0.1, -0.05) is 18.2 Å². The van der Waals surface area contributed by atoms with Gasteiger partial charge in [0.1, 0.15) is 5.75 Å². The highest BCUT2D eigenvalue weighted by Crippen LogP contribution is 2.31. The number of rotatable bonds is 3. The first-order valence-electron chi connectivity index (χ1n) is 11.1. The monoisotopic (exact) mass is 430 g/mol. The fraction of sp³-hybridized carbons (Fsp3) is 0.320. The van der Waals surface area contributed by atoms with E-state index in [1.165, 1.54) is 0 Å². The van der Waals surface area contributed by atoms with Crippen LogP contribution in [-0.2, 0) is 0 Å². The zero-order chi connectivity index (χ0) is 22.1. The van der Waals surface area contributed by atoms with Crippen LogP contribution in [0.4, 0.5) is 5.69 Å². The van der Waals surface area contributed by atoms with Gasteiger partial charge in [-0.25, -0.2) is 4.68 Å². The Morgan fingerprint density at radius 3 is 2.81 bits per heavy atom. The average molecular weight is 431 g/mol. The molecule has 1 aromatic heterocycles. The van der Waals surface area contributed by atoms with Crippen molar-refractivity contribution in [3.63, 3.8) is 0 Å². The van der Waals surface area contributed by atoms with Crippen molar-refractivity contribution >= 4 is 17.5 Å². The van der Waals surface area contributed by atoms with Crippen LogP contribution in [-0.4, -0.2) is 45.7 Å². The maximum atomic E-state index is 13.3. The molecule has 2 aromatic carbocycles. The van der Waals surface area contributed by atoms with Gasteiger partial charge in [0.15, 0.2) is 0 Å².